The molecule has 0 aliphatic carbocycles. The van der Waals surface area contributed by atoms with Crippen LogP contribution in [0.1, 0.15) is 17.3 Å². The van der Waals surface area contributed by atoms with Gasteiger partial charge < -0.3 is 5.32 Å². The number of hydrogen-bond donors (Lipinski definition) is 1. The highest BCUT2D eigenvalue weighted by atomic mass is 79.9. The highest BCUT2D eigenvalue weighted by molar-refractivity contribution is 9.10. The molecule has 1 N–H and O–H groups in total. The van der Waals surface area contributed by atoms with Crippen LogP contribution >= 0.6 is 27.3 Å². The third-order valence-corrected chi connectivity index (χ3v) is 4.82. The minimum Gasteiger partial charge on any atom is -0.322 e. The SMILES string of the molecule is CCn1c(=O)sc2cc(NC(=O)c3ccc(Br)cc3)ccc21. The van der Waals surface area contributed by atoms with Crippen LogP contribution in [0.3, 0.4) is 0 Å². The molecule has 0 saturated carbocycles. The van der Waals surface area contributed by atoms with Gasteiger partial charge in [0.2, 0.25) is 0 Å². The van der Waals surface area contributed by atoms with Gasteiger partial charge in [0, 0.05) is 22.3 Å². The first-order valence-electron chi connectivity index (χ1n) is 6.79. The molecular weight excluding hydrogens is 364 g/mol. The van der Waals surface area contributed by atoms with Crippen molar-refractivity contribution in [2.45, 2.75) is 13.5 Å². The normalized spacial score (nSPS) is 10.8. The molecule has 6 heteroatoms. The van der Waals surface area contributed by atoms with Crippen molar-refractivity contribution in [3.8, 4) is 0 Å². The fourth-order valence-corrected chi connectivity index (χ4v) is 3.51. The second-order valence-electron chi connectivity index (χ2n) is 4.76. The zero-order valence-electron chi connectivity index (χ0n) is 11.8. The van der Waals surface area contributed by atoms with E-state index in [0.29, 0.717) is 17.8 Å². The number of aryl methyl sites for hydroxylation is 1. The molecule has 0 fully saturated rings. The van der Waals surface area contributed by atoms with Gasteiger partial charge in [-0.05, 0) is 49.4 Å². The second-order valence-corrected chi connectivity index (χ2v) is 6.66. The smallest absolute Gasteiger partial charge is 0.308 e. The average molecular weight is 377 g/mol. The first-order valence-corrected chi connectivity index (χ1v) is 8.39. The van der Waals surface area contributed by atoms with Gasteiger partial charge in [-0.15, -0.1) is 0 Å². The zero-order chi connectivity index (χ0) is 15.7. The molecule has 3 rings (SSSR count). The molecule has 0 aliphatic heterocycles. The van der Waals surface area contributed by atoms with Crippen molar-refractivity contribution < 1.29 is 4.79 Å². The highest BCUT2D eigenvalue weighted by Crippen LogP contribution is 2.22. The number of nitrogens with zero attached hydrogens (tertiary/aromatic N) is 1. The number of fused-ring (bicyclic) bond motifs is 1. The van der Waals surface area contributed by atoms with E-state index in [1.54, 1.807) is 16.7 Å². The van der Waals surface area contributed by atoms with E-state index in [9.17, 15) is 9.59 Å². The molecule has 0 aliphatic rings. The van der Waals surface area contributed by atoms with Crippen LogP contribution in [-0.4, -0.2) is 10.5 Å². The number of anilines is 1. The Kier molecular flexibility index (Phi) is 4.13. The predicted octanol–water partition coefficient (Wildman–Crippen LogP) is 4.10. The molecule has 3 aromatic rings. The third kappa shape index (κ3) is 2.84. The summed E-state index contributed by atoms with van der Waals surface area (Å²) in [6, 6.07) is 12.7. The molecule has 0 atom stereocenters. The molecule has 4 nitrogen and oxygen atoms in total. The van der Waals surface area contributed by atoms with Crippen molar-refractivity contribution in [1.29, 1.82) is 0 Å². The van der Waals surface area contributed by atoms with Crippen LogP contribution in [0, 0.1) is 0 Å². The Balaban J connectivity index is 1.89. The lowest BCUT2D eigenvalue weighted by Gasteiger charge is -2.06. The molecule has 0 spiro atoms. The van der Waals surface area contributed by atoms with E-state index in [1.165, 1.54) is 11.3 Å². The maximum absolute atomic E-state index is 12.2. The van der Waals surface area contributed by atoms with E-state index in [0.717, 1.165) is 14.7 Å². The van der Waals surface area contributed by atoms with E-state index in [2.05, 4.69) is 21.2 Å². The summed E-state index contributed by atoms with van der Waals surface area (Å²) < 4.78 is 3.52. The summed E-state index contributed by atoms with van der Waals surface area (Å²) in [6.07, 6.45) is 0. The summed E-state index contributed by atoms with van der Waals surface area (Å²) in [7, 11) is 0. The van der Waals surface area contributed by atoms with E-state index >= 15 is 0 Å². The molecule has 22 heavy (non-hydrogen) atoms. The lowest BCUT2D eigenvalue weighted by molar-refractivity contribution is 0.102. The van der Waals surface area contributed by atoms with Crippen LogP contribution in [0.25, 0.3) is 10.2 Å². The number of rotatable bonds is 3. The van der Waals surface area contributed by atoms with Crippen LogP contribution in [0.2, 0.25) is 0 Å². The summed E-state index contributed by atoms with van der Waals surface area (Å²) in [5.41, 5.74) is 2.17. The molecule has 0 radical (unpaired) electrons. The van der Waals surface area contributed by atoms with Gasteiger partial charge in [0.25, 0.3) is 5.91 Å². The lowest BCUT2D eigenvalue weighted by atomic mass is 10.2. The third-order valence-electron chi connectivity index (χ3n) is 3.35. The molecule has 1 heterocycles. The Morgan fingerprint density at radius 1 is 1.23 bits per heavy atom. The van der Waals surface area contributed by atoms with Gasteiger partial charge in [0.05, 0.1) is 10.2 Å². The van der Waals surface area contributed by atoms with Crippen LogP contribution in [-0.2, 0) is 6.54 Å². The summed E-state index contributed by atoms with van der Waals surface area (Å²) >= 11 is 4.53. The largest absolute Gasteiger partial charge is 0.322 e. The first-order chi connectivity index (χ1) is 10.6. The fourth-order valence-electron chi connectivity index (χ4n) is 2.25. The predicted molar refractivity (Wildman–Crippen MR) is 93.9 cm³/mol. The zero-order valence-corrected chi connectivity index (χ0v) is 14.2. The van der Waals surface area contributed by atoms with Crippen molar-refractivity contribution in [2.75, 3.05) is 5.32 Å². The number of nitrogens with one attached hydrogen (secondary N) is 1. The van der Waals surface area contributed by atoms with E-state index in [-0.39, 0.29) is 10.8 Å². The topological polar surface area (TPSA) is 51.1 Å². The van der Waals surface area contributed by atoms with Gasteiger partial charge in [-0.25, -0.2) is 0 Å². The minimum absolute atomic E-state index is 0.0221. The van der Waals surface area contributed by atoms with Gasteiger partial charge in [-0.3, -0.25) is 14.2 Å². The molecule has 0 unspecified atom stereocenters. The monoisotopic (exact) mass is 376 g/mol. The average Bonchev–Trinajstić information content (AvgIpc) is 2.82. The summed E-state index contributed by atoms with van der Waals surface area (Å²) in [5.74, 6) is -0.172. The molecule has 2 aromatic carbocycles. The molecule has 0 bridgehead atoms. The Labute approximate surface area is 139 Å². The molecule has 1 aromatic heterocycles. The Bertz CT molecular complexity index is 897. The number of hydrogen-bond acceptors (Lipinski definition) is 3. The number of aromatic nitrogens is 1. The Morgan fingerprint density at radius 3 is 2.64 bits per heavy atom. The Hall–Kier alpha value is -1.92. The van der Waals surface area contributed by atoms with Crippen LogP contribution < -0.4 is 10.2 Å². The minimum atomic E-state index is -0.172. The fraction of sp³-hybridized carbons (Fsp3) is 0.125. The number of carbonyl (C=O) groups excluding carboxylic acids is 1. The van der Waals surface area contributed by atoms with Gasteiger partial charge >= 0.3 is 4.87 Å². The number of carbonyl (C=O) groups is 1. The highest BCUT2D eigenvalue weighted by Gasteiger charge is 2.09. The van der Waals surface area contributed by atoms with Crippen molar-refractivity contribution in [3.63, 3.8) is 0 Å². The molecule has 1 amide bonds. The van der Waals surface area contributed by atoms with Crippen LogP contribution in [0.4, 0.5) is 5.69 Å². The maximum Gasteiger partial charge on any atom is 0.308 e. The van der Waals surface area contributed by atoms with E-state index < -0.39 is 0 Å². The summed E-state index contributed by atoms with van der Waals surface area (Å²) in [4.78, 5) is 24.1. The van der Waals surface area contributed by atoms with Gasteiger partial charge in [-0.2, -0.15) is 0 Å². The number of thiazole rings is 1. The van der Waals surface area contributed by atoms with Gasteiger partial charge in [-0.1, -0.05) is 27.3 Å². The molecule has 112 valence electrons. The standard InChI is InChI=1S/C16H13BrN2O2S/c1-2-19-13-8-7-12(9-14(13)22-16(19)21)18-15(20)10-3-5-11(17)6-4-10/h3-9H,2H2,1H3,(H,18,20). The van der Waals surface area contributed by atoms with E-state index in [1.807, 2.05) is 37.3 Å². The number of halogens is 1. The van der Waals surface area contributed by atoms with Crippen molar-refractivity contribution in [1.82, 2.24) is 4.57 Å². The van der Waals surface area contributed by atoms with Crippen LogP contribution in [0.15, 0.2) is 51.7 Å². The first kappa shape index (κ1) is 15.0. The van der Waals surface area contributed by atoms with Crippen LogP contribution in [0.5, 0.6) is 0 Å². The number of amides is 1. The van der Waals surface area contributed by atoms with Gasteiger partial charge in [0.15, 0.2) is 0 Å². The lowest BCUT2D eigenvalue weighted by Crippen LogP contribution is -2.12. The maximum atomic E-state index is 12.2. The number of benzene rings is 2. The summed E-state index contributed by atoms with van der Waals surface area (Å²) in [6.45, 7) is 2.58. The summed E-state index contributed by atoms with van der Waals surface area (Å²) in [5, 5.41) is 2.86. The Morgan fingerprint density at radius 2 is 1.95 bits per heavy atom. The molecular formula is C16H13BrN2O2S. The van der Waals surface area contributed by atoms with Crippen molar-refractivity contribution >= 4 is 49.1 Å². The van der Waals surface area contributed by atoms with Crippen molar-refractivity contribution in [2.24, 2.45) is 0 Å². The second kappa shape index (κ2) is 6.06. The van der Waals surface area contributed by atoms with Crippen molar-refractivity contribution in [3.05, 3.63) is 62.2 Å². The van der Waals surface area contributed by atoms with E-state index in [4.69, 9.17) is 0 Å². The quantitative estimate of drug-likeness (QED) is 0.747. The van der Waals surface area contributed by atoms with Gasteiger partial charge in [0.1, 0.15) is 0 Å². The molecule has 0 saturated heterocycles.